The van der Waals surface area contributed by atoms with Gasteiger partial charge in [-0.05, 0) is 31.5 Å². The molecule has 4 rings (SSSR count). The molecule has 3 heterocycles. The number of rotatable bonds is 5. The highest BCUT2D eigenvalue weighted by Crippen LogP contribution is 2.28. The summed E-state index contributed by atoms with van der Waals surface area (Å²) in [4.78, 5) is 6.99. The Bertz CT molecular complexity index is 981. The van der Waals surface area contributed by atoms with E-state index in [1.807, 2.05) is 19.1 Å². The summed E-state index contributed by atoms with van der Waals surface area (Å²) in [7, 11) is 0. The summed E-state index contributed by atoms with van der Waals surface area (Å²) in [6, 6.07) is 8.98. The Labute approximate surface area is 162 Å². The number of para-hydroxylation sites is 1. The Morgan fingerprint density at radius 2 is 1.93 bits per heavy atom. The fourth-order valence-corrected chi connectivity index (χ4v) is 3.73. The SMILES string of the molecule is Cc1cc2nc(C)c(Cc3ccccc3OC(F)F)n2cc1N1CCOCC1. The molecule has 0 saturated carbocycles. The van der Waals surface area contributed by atoms with Gasteiger partial charge in [0.1, 0.15) is 11.4 Å². The molecule has 1 saturated heterocycles. The molecule has 0 spiro atoms. The van der Waals surface area contributed by atoms with Crippen molar-refractivity contribution in [2.75, 3.05) is 31.2 Å². The van der Waals surface area contributed by atoms with Crippen LogP contribution in [0, 0.1) is 13.8 Å². The standard InChI is InChI=1S/C21H23F2N3O2/c1-14-11-20-24-15(2)17(12-16-5-3-4-6-19(16)28-21(22)23)26(20)13-18(14)25-7-9-27-10-8-25/h3-6,11,13,21H,7-10,12H2,1-2H3. The molecular weight excluding hydrogens is 364 g/mol. The third-order valence-electron chi connectivity index (χ3n) is 5.14. The number of hydrogen-bond acceptors (Lipinski definition) is 4. The van der Waals surface area contributed by atoms with Gasteiger partial charge in [-0.1, -0.05) is 18.2 Å². The lowest BCUT2D eigenvalue weighted by atomic mass is 10.1. The predicted molar refractivity (Wildman–Crippen MR) is 104 cm³/mol. The normalized spacial score (nSPS) is 14.8. The lowest BCUT2D eigenvalue weighted by molar-refractivity contribution is -0.0503. The van der Waals surface area contributed by atoms with Crippen molar-refractivity contribution in [1.29, 1.82) is 0 Å². The second-order valence-electron chi connectivity index (χ2n) is 6.98. The first-order valence-electron chi connectivity index (χ1n) is 9.36. The number of anilines is 1. The van der Waals surface area contributed by atoms with E-state index in [1.165, 1.54) is 0 Å². The number of hydrogen-bond donors (Lipinski definition) is 0. The first-order chi connectivity index (χ1) is 13.5. The molecule has 28 heavy (non-hydrogen) atoms. The van der Waals surface area contributed by atoms with Gasteiger partial charge in [0.25, 0.3) is 0 Å². The Hall–Kier alpha value is -2.67. The number of ether oxygens (including phenoxy) is 2. The Morgan fingerprint density at radius 1 is 1.18 bits per heavy atom. The maximum absolute atomic E-state index is 12.8. The predicted octanol–water partition coefficient (Wildman–Crippen LogP) is 3.98. The number of alkyl halides is 2. The van der Waals surface area contributed by atoms with Crippen molar-refractivity contribution in [1.82, 2.24) is 9.38 Å². The molecule has 0 amide bonds. The Morgan fingerprint density at radius 3 is 2.68 bits per heavy atom. The summed E-state index contributed by atoms with van der Waals surface area (Å²) in [6.07, 6.45) is 2.56. The van der Waals surface area contributed by atoms with Crippen LogP contribution in [0.5, 0.6) is 5.75 Å². The number of aryl methyl sites for hydroxylation is 2. The largest absolute Gasteiger partial charge is 0.435 e. The van der Waals surface area contributed by atoms with Gasteiger partial charge < -0.3 is 18.8 Å². The van der Waals surface area contributed by atoms with E-state index in [0.29, 0.717) is 25.2 Å². The van der Waals surface area contributed by atoms with Gasteiger partial charge in [-0.2, -0.15) is 8.78 Å². The Balaban J connectivity index is 1.74. The second-order valence-corrected chi connectivity index (χ2v) is 6.98. The lowest BCUT2D eigenvalue weighted by Gasteiger charge is -2.30. The van der Waals surface area contributed by atoms with Crippen LogP contribution in [0.4, 0.5) is 14.5 Å². The second kappa shape index (κ2) is 7.75. The summed E-state index contributed by atoms with van der Waals surface area (Å²) >= 11 is 0. The van der Waals surface area contributed by atoms with E-state index in [2.05, 4.69) is 33.5 Å². The van der Waals surface area contributed by atoms with Gasteiger partial charge in [-0.25, -0.2) is 4.98 Å². The minimum Gasteiger partial charge on any atom is -0.435 e. The quantitative estimate of drug-likeness (QED) is 0.664. The average Bonchev–Trinajstić information content (AvgIpc) is 2.97. The summed E-state index contributed by atoms with van der Waals surface area (Å²) in [5.74, 6) is 0.201. The van der Waals surface area contributed by atoms with Gasteiger partial charge >= 0.3 is 6.61 Å². The zero-order valence-corrected chi connectivity index (χ0v) is 16.0. The van der Waals surface area contributed by atoms with Crippen LogP contribution in [-0.4, -0.2) is 42.3 Å². The number of aromatic nitrogens is 2. The van der Waals surface area contributed by atoms with Crippen LogP contribution < -0.4 is 9.64 Å². The van der Waals surface area contributed by atoms with Gasteiger partial charge in [0.15, 0.2) is 0 Å². The molecule has 3 aromatic rings. The molecule has 0 unspecified atom stereocenters. The molecule has 0 aliphatic carbocycles. The van der Waals surface area contributed by atoms with Crippen LogP contribution in [0.25, 0.3) is 5.65 Å². The molecule has 148 valence electrons. The molecule has 0 N–H and O–H groups in total. The number of fused-ring (bicyclic) bond motifs is 1. The zero-order valence-electron chi connectivity index (χ0n) is 16.0. The van der Waals surface area contributed by atoms with E-state index >= 15 is 0 Å². The molecule has 1 fully saturated rings. The smallest absolute Gasteiger partial charge is 0.387 e. The molecule has 5 nitrogen and oxygen atoms in total. The van der Waals surface area contributed by atoms with Crippen LogP contribution in [0.15, 0.2) is 36.5 Å². The first kappa shape index (κ1) is 18.7. The molecule has 7 heteroatoms. The monoisotopic (exact) mass is 387 g/mol. The van der Waals surface area contributed by atoms with Crippen LogP contribution in [0.3, 0.4) is 0 Å². The molecule has 1 aromatic carbocycles. The highest BCUT2D eigenvalue weighted by atomic mass is 19.3. The summed E-state index contributed by atoms with van der Waals surface area (Å²) in [6.45, 7) is 4.31. The highest BCUT2D eigenvalue weighted by Gasteiger charge is 2.18. The van der Waals surface area contributed by atoms with Crippen molar-refractivity contribution in [2.45, 2.75) is 26.9 Å². The third kappa shape index (κ3) is 3.67. The van der Waals surface area contributed by atoms with E-state index in [4.69, 9.17) is 9.47 Å². The van der Waals surface area contributed by atoms with E-state index in [-0.39, 0.29) is 5.75 Å². The minimum atomic E-state index is -2.85. The molecule has 1 aliphatic heterocycles. The molecular formula is C21H23F2N3O2. The van der Waals surface area contributed by atoms with Crippen molar-refractivity contribution >= 4 is 11.3 Å². The fourth-order valence-electron chi connectivity index (χ4n) is 3.73. The van der Waals surface area contributed by atoms with Crippen molar-refractivity contribution in [3.05, 3.63) is 59.0 Å². The number of halogens is 2. The zero-order chi connectivity index (χ0) is 19.7. The Kier molecular flexibility index (Phi) is 5.17. The van der Waals surface area contributed by atoms with Crippen molar-refractivity contribution in [2.24, 2.45) is 0 Å². The van der Waals surface area contributed by atoms with E-state index < -0.39 is 6.61 Å². The minimum absolute atomic E-state index is 0.201. The maximum Gasteiger partial charge on any atom is 0.387 e. The molecule has 0 bridgehead atoms. The molecule has 0 radical (unpaired) electrons. The van der Waals surface area contributed by atoms with Crippen molar-refractivity contribution in [3.8, 4) is 5.75 Å². The molecule has 0 atom stereocenters. The average molecular weight is 387 g/mol. The molecule has 1 aliphatic rings. The van der Waals surface area contributed by atoms with E-state index in [1.54, 1.807) is 12.1 Å². The van der Waals surface area contributed by atoms with Crippen LogP contribution in [0.1, 0.15) is 22.5 Å². The van der Waals surface area contributed by atoms with Crippen molar-refractivity contribution in [3.63, 3.8) is 0 Å². The molecule has 2 aromatic heterocycles. The number of imidazole rings is 1. The van der Waals surface area contributed by atoms with E-state index in [0.717, 1.165) is 41.4 Å². The van der Waals surface area contributed by atoms with Gasteiger partial charge in [0.2, 0.25) is 0 Å². The number of benzene rings is 1. The van der Waals surface area contributed by atoms with Gasteiger partial charge in [0.05, 0.1) is 24.6 Å². The van der Waals surface area contributed by atoms with Gasteiger partial charge in [-0.3, -0.25) is 0 Å². The topological polar surface area (TPSA) is 39.0 Å². The summed E-state index contributed by atoms with van der Waals surface area (Å²) in [5.41, 5.74) is 5.72. The van der Waals surface area contributed by atoms with Crippen LogP contribution in [-0.2, 0) is 11.2 Å². The lowest BCUT2D eigenvalue weighted by Crippen LogP contribution is -2.36. The number of pyridine rings is 1. The van der Waals surface area contributed by atoms with Gasteiger partial charge in [0, 0.05) is 37.0 Å². The van der Waals surface area contributed by atoms with Gasteiger partial charge in [-0.15, -0.1) is 0 Å². The summed E-state index contributed by atoms with van der Waals surface area (Å²) in [5, 5.41) is 0. The maximum atomic E-state index is 12.8. The van der Waals surface area contributed by atoms with E-state index in [9.17, 15) is 8.78 Å². The summed E-state index contributed by atoms with van der Waals surface area (Å²) < 4.78 is 37.7. The van der Waals surface area contributed by atoms with Crippen LogP contribution in [0.2, 0.25) is 0 Å². The van der Waals surface area contributed by atoms with Crippen LogP contribution >= 0.6 is 0 Å². The highest BCUT2D eigenvalue weighted by molar-refractivity contribution is 5.60. The number of nitrogens with zero attached hydrogens (tertiary/aromatic N) is 3. The van der Waals surface area contributed by atoms with Crippen molar-refractivity contribution < 1.29 is 18.3 Å². The first-order valence-corrected chi connectivity index (χ1v) is 9.36. The fraction of sp³-hybridized carbons (Fsp3) is 0.381. The number of morpholine rings is 1. The third-order valence-corrected chi connectivity index (χ3v) is 5.14.